The SMILES string of the molecule is C=C(C)C[C]=Nc1c(C)cccc1C.[Cl-].[Pt]. The summed E-state index contributed by atoms with van der Waals surface area (Å²) in [7, 11) is 0. The number of nitrogens with zero attached hydrogens (tertiary/aromatic N) is 1. The van der Waals surface area contributed by atoms with Crippen LogP contribution in [0.5, 0.6) is 0 Å². The Hall–Kier alpha value is -0.392. The molecule has 0 saturated heterocycles. The van der Waals surface area contributed by atoms with Gasteiger partial charge in [0.05, 0.1) is 11.9 Å². The largest absolute Gasteiger partial charge is 1.00 e. The zero-order valence-electron chi connectivity index (χ0n) is 9.79. The van der Waals surface area contributed by atoms with Crippen LogP contribution >= 0.6 is 0 Å². The van der Waals surface area contributed by atoms with E-state index in [0.29, 0.717) is 0 Å². The average molecular weight is 417 g/mol. The van der Waals surface area contributed by atoms with Crippen LogP contribution in [0.15, 0.2) is 35.3 Å². The molecule has 0 spiro atoms. The van der Waals surface area contributed by atoms with E-state index in [4.69, 9.17) is 0 Å². The van der Waals surface area contributed by atoms with Gasteiger partial charge in [0.15, 0.2) is 0 Å². The van der Waals surface area contributed by atoms with Crippen LogP contribution in [0.4, 0.5) is 5.69 Å². The molecule has 0 aromatic heterocycles. The molecule has 0 atom stereocenters. The first-order valence-corrected chi connectivity index (χ1v) is 4.75. The molecule has 0 unspecified atom stereocenters. The standard InChI is InChI=1S/C13H16N.ClH.Pt/c1-10(2)8-9-14-13-11(3)6-5-7-12(13)4;;/h5-7H,1,8H2,2-4H3;1H;/p-1. The van der Waals surface area contributed by atoms with Crippen molar-refractivity contribution >= 4 is 11.9 Å². The van der Waals surface area contributed by atoms with Crippen LogP contribution in [-0.4, -0.2) is 6.21 Å². The van der Waals surface area contributed by atoms with Crippen molar-refractivity contribution in [1.82, 2.24) is 0 Å². The molecule has 0 heterocycles. The topological polar surface area (TPSA) is 12.4 Å². The maximum absolute atomic E-state index is 4.33. The molecule has 1 nitrogen and oxygen atoms in total. The van der Waals surface area contributed by atoms with Gasteiger partial charge in [0.1, 0.15) is 0 Å². The van der Waals surface area contributed by atoms with Crippen LogP contribution in [0.3, 0.4) is 0 Å². The molecule has 0 aliphatic heterocycles. The van der Waals surface area contributed by atoms with Crippen molar-refractivity contribution in [2.24, 2.45) is 4.99 Å². The normalized spacial score (nSPS) is 9.44. The van der Waals surface area contributed by atoms with E-state index in [1.54, 1.807) is 0 Å². The van der Waals surface area contributed by atoms with Crippen LogP contribution in [0, 0.1) is 13.8 Å². The zero-order valence-corrected chi connectivity index (χ0v) is 12.8. The summed E-state index contributed by atoms with van der Waals surface area (Å²) in [6.07, 6.45) is 3.74. The number of halogens is 1. The second-order valence-corrected chi connectivity index (χ2v) is 3.64. The molecule has 1 radical (unpaired) electrons. The van der Waals surface area contributed by atoms with Gasteiger partial charge in [-0.25, -0.2) is 0 Å². The quantitative estimate of drug-likeness (QED) is 0.512. The molecule has 0 amide bonds. The molecule has 0 N–H and O–H groups in total. The first kappa shape index (κ1) is 18.0. The van der Waals surface area contributed by atoms with E-state index < -0.39 is 0 Å². The third kappa shape index (κ3) is 5.63. The molecule has 0 bridgehead atoms. The summed E-state index contributed by atoms with van der Waals surface area (Å²) in [6.45, 7) is 9.92. The van der Waals surface area contributed by atoms with Crippen LogP contribution in [0.25, 0.3) is 0 Å². The Bertz CT molecular complexity index is 352. The third-order valence-corrected chi connectivity index (χ3v) is 2.01. The summed E-state index contributed by atoms with van der Waals surface area (Å²) in [6, 6.07) is 6.17. The fourth-order valence-corrected chi connectivity index (χ4v) is 1.24. The van der Waals surface area contributed by atoms with E-state index >= 15 is 0 Å². The summed E-state index contributed by atoms with van der Waals surface area (Å²) < 4.78 is 0. The van der Waals surface area contributed by atoms with Gasteiger partial charge in [0.25, 0.3) is 0 Å². The number of para-hydroxylation sites is 1. The van der Waals surface area contributed by atoms with Crippen molar-refractivity contribution in [3.8, 4) is 0 Å². The fourth-order valence-electron chi connectivity index (χ4n) is 1.24. The monoisotopic (exact) mass is 416 g/mol. The van der Waals surface area contributed by atoms with E-state index in [0.717, 1.165) is 17.7 Å². The Morgan fingerprint density at radius 2 is 1.81 bits per heavy atom. The molecule has 1 rings (SSSR count). The number of hydrogen-bond donors (Lipinski definition) is 0. The van der Waals surface area contributed by atoms with Crippen molar-refractivity contribution < 1.29 is 33.5 Å². The van der Waals surface area contributed by atoms with Gasteiger partial charge in [-0.1, -0.05) is 30.4 Å². The molecule has 0 aliphatic rings. The molecule has 0 fully saturated rings. The average Bonchev–Trinajstić information content (AvgIpc) is 2.09. The fraction of sp³-hybridized carbons (Fsp3) is 0.308. The van der Waals surface area contributed by atoms with Crippen LogP contribution in [0.1, 0.15) is 24.5 Å². The molecule has 91 valence electrons. The Morgan fingerprint density at radius 3 is 2.25 bits per heavy atom. The van der Waals surface area contributed by atoms with Gasteiger partial charge < -0.3 is 12.4 Å². The second-order valence-electron chi connectivity index (χ2n) is 3.64. The maximum atomic E-state index is 4.33. The van der Waals surface area contributed by atoms with Crippen molar-refractivity contribution in [3.63, 3.8) is 0 Å². The molecule has 3 heteroatoms. The first-order valence-electron chi connectivity index (χ1n) is 4.75. The Kier molecular flexibility index (Phi) is 9.81. The van der Waals surface area contributed by atoms with Gasteiger partial charge in [-0.3, -0.25) is 4.99 Å². The van der Waals surface area contributed by atoms with E-state index in [9.17, 15) is 0 Å². The summed E-state index contributed by atoms with van der Waals surface area (Å²) in [4.78, 5) is 4.33. The molecule has 0 aliphatic carbocycles. The maximum Gasteiger partial charge on any atom is 0.0692 e. The van der Waals surface area contributed by atoms with Crippen molar-refractivity contribution in [2.75, 3.05) is 0 Å². The Morgan fingerprint density at radius 1 is 1.31 bits per heavy atom. The molecular formula is C13H16ClNPt-. The number of allylic oxidation sites excluding steroid dienone is 1. The minimum Gasteiger partial charge on any atom is -1.00 e. The number of hydrogen-bond acceptors (Lipinski definition) is 1. The molecule has 1 aromatic rings. The van der Waals surface area contributed by atoms with Crippen molar-refractivity contribution in [3.05, 3.63) is 41.5 Å². The smallest absolute Gasteiger partial charge is 0.0692 e. The number of aliphatic imine (C=N–C) groups is 1. The molecular weight excluding hydrogens is 401 g/mol. The van der Waals surface area contributed by atoms with Crippen LogP contribution < -0.4 is 12.4 Å². The Balaban J connectivity index is 0. The van der Waals surface area contributed by atoms with Gasteiger partial charge in [0, 0.05) is 27.5 Å². The van der Waals surface area contributed by atoms with Gasteiger partial charge in [0.2, 0.25) is 0 Å². The zero-order chi connectivity index (χ0) is 10.6. The van der Waals surface area contributed by atoms with Gasteiger partial charge >= 0.3 is 0 Å². The van der Waals surface area contributed by atoms with Gasteiger partial charge in [-0.2, -0.15) is 0 Å². The van der Waals surface area contributed by atoms with Crippen LogP contribution in [0.2, 0.25) is 0 Å². The van der Waals surface area contributed by atoms with E-state index in [-0.39, 0.29) is 33.5 Å². The first-order chi connectivity index (χ1) is 6.61. The number of benzene rings is 1. The third-order valence-electron chi connectivity index (χ3n) is 2.01. The van der Waals surface area contributed by atoms with E-state index in [2.05, 4.69) is 43.8 Å². The number of rotatable bonds is 3. The molecule has 16 heavy (non-hydrogen) atoms. The predicted octanol–water partition coefficient (Wildman–Crippen LogP) is 0.850. The van der Waals surface area contributed by atoms with Crippen LogP contribution in [-0.2, 0) is 21.1 Å². The van der Waals surface area contributed by atoms with E-state index in [1.165, 1.54) is 11.1 Å². The van der Waals surface area contributed by atoms with E-state index in [1.807, 2.05) is 13.0 Å². The number of aryl methyl sites for hydroxylation is 2. The van der Waals surface area contributed by atoms with Gasteiger partial charge in [-0.05, 0) is 31.9 Å². The predicted molar refractivity (Wildman–Crippen MR) is 62.4 cm³/mol. The minimum absolute atomic E-state index is 0. The van der Waals surface area contributed by atoms with Gasteiger partial charge in [-0.15, -0.1) is 0 Å². The summed E-state index contributed by atoms with van der Waals surface area (Å²) in [5.74, 6) is 0. The summed E-state index contributed by atoms with van der Waals surface area (Å²) in [5.41, 5.74) is 4.51. The minimum atomic E-state index is 0. The van der Waals surface area contributed by atoms with Crippen molar-refractivity contribution in [1.29, 1.82) is 0 Å². The second kappa shape index (κ2) is 8.73. The Labute approximate surface area is 119 Å². The summed E-state index contributed by atoms with van der Waals surface area (Å²) >= 11 is 0. The molecule has 1 aromatic carbocycles. The van der Waals surface area contributed by atoms with Crippen molar-refractivity contribution in [2.45, 2.75) is 27.2 Å². The molecule has 0 saturated carbocycles. The summed E-state index contributed by atoms with van der Waals surface area (Å²) in [5, 5.41) is 0.